The Bertz CT molecular complexity index is 1010. The van der Waals surface area contributed by atoms with E-state index in [4.69, 9.17) is 21.7 Å². The first kappa shape index (κ1) is 25.3. The number of nitrogens with one attached hydrogen (secondary N) is 1. The lowest BCUT2D eigenvalue weighted by Crippen LogP contribution is -2.62. The minimum atomic E-state index is -1.39. The number of rotatable bonds is 8. The van der Waals surface area contributed by atoms with Gasteiger partial charge in [-0.15, -0.1) is 0 Å². The molecule has 5 atom stereocenters. The molecule has 11 heteroatoms. The predicted octanol–water partition coefficient (Wildman–Crippen LogP) is 1.07. The van der Waals surface area contributed by atoms with Crippen molar-refractivity contribution in [2.24, 2.45) is 5.92 Å². The quantitative estimate of drug-likeness (QED) is 0.413. The highest BCUT2D eigenvalue weighted by Gasteiger charge is 2.46. The third-order valence-electron chi connectivity index (χ3n) is 5.41. The van der Waals surface area contributed by atoms with Gasteiger partial charge in [-0.2, -0.15) is 5.10 Å². The fourth-order valence-corrected chi connectivity index (χ4v) is 4.08. The Morgan fingerprint density at radius 1 is 1.27 bits per heavy atom. The van der Waals surface area contributed by atoms with E-state index in [0.29, 0.717) is 22.9 Å². The molecule has 3 rings (SSSR count). The van der Waals surface area contributed by atoms with Gasteiger partial charge in [-0.25, -0.2) is 4.68 Å². The number of nitrogens with zero attached hydrogens (tertiary/aromatic N) is 3. The number of aliphatic hydroxyl groups excluding tert-OH is 3. The summed E-state index contributed by atoms with van der Waals surface area (Å²) in [6.07, 6.45) is -4.89. The van der Waals surface area contributed by atoms with Gasteiger partial charge in [0.15, 0.2) is 16.8 Å². The summed E-state index contributed by atoms with van der Waals surface area (Å²) in [6, 6.07) is 6.61. The lowest BCUT2D eigenvalue weighted by atomic mass is 9.96. The number of aryl methyl sites for hydroxylation is 1. The van der Waals surface area contributed by atoms with E-state index in [-0.39, 0.29) is 12.5 Å². The van der Waals surface area contributed by atoms with Crippen molar-refractivity contribution in [1.82, 2.24) is 19.7 Å². The van der Waals surface area contributed by atoms with Crippen LogP contribution in [0.15, 0.2) is 24.3 Å². The van der Waals surface area contributed by atoms with Gasteiger partial charge in [0.05, 0.1) is 6.61 Å². The fourth-order valence-electron chi connectivity index (χ4n) is 3.76. The molecule has 0 bridgehead atoms. The van der Waals surface area contributed by atoms with E-state index in [1.165, 1.54) is 11.6 Å². The van der Waals surface area contributed by atoms with Crippen molar-refractivity contribution in [3.05, 3.63) is 40.4 Å². The van der Waals surface area contributed by atoms with Gasteiger partial charge in [-0.3, -0.25) is 4.79 Å². The molecule has 182 valence electrons. The molecule has 0 spiro atoms. The average Bonchev–Trinajstić information content (AvgIpc) is 3.06. The van der Waals surface area contributed by atoms with Crippen LogP contribution in [0, 0.1) is 17.6 Å². The Morgan fingerprint density at radius 2 is 1.94 bits per heavy atom. The molecule has 2 aromatic rings. The number of ether oxygens (including phenoxy) is 2. The number of aromatic nitrogens is 3. The lowest BCUT2D eigenvalue weighted by molar-refractivity contribution is -0.219. The van der Waals surface area contributed by atoms with E-state index in [1.54, 1.807) is 0 Å². The molecule has 1 fully saturated rings. The van der Waals surface area contributed by atoms with Crippen LogP contribution in [0.5, 0.6) is 5.75 Å². The van der Waals surface area contributed by atoms with Crippen molar-refractivity contribution in [2.45, 2.75) is 71.4 Å². The summed E-state index contributed by atoms with van der Waals surface area (Å²) in [7, 11) is 0. The summed E-state index contributed by atoms with van der Waals surface area (Å²) in [4.78, 5) is 11.8. The molecule has 0 unspecified atom stereocenters. The van der Waals surface area contributed by atoms with Crippen LogP contribution in [0.2, 0.25) is 0 Å². The van der Waals surface area contributed by atoms with Crippen LogP contribution in [-0.4, -0.2) is 66.5 Å². The summed E-state index contributed by atoms with van der Waals surface area (Å²) in [5.41, 5.74) is 1.12. The van der Waals surface area contributed by atoms with E-state index in [9.17, 15) is 20.1 Å². The Labute approximate surface area is 197 Å². The van der Waals surface area contributed by atoms with Gasteiger partial charge in [0.1, 0.15) is 36.7 Å². The highest BCUT2D eigenvalue weighted by atomic mass is 32.1. The van der Waals surface area contributed by atoms with Crippen molar-refractivity contribution in [1.29, 1.82) is 0 Å². The van der Waals surface area contributed by atoms with E-state index < -0.39 is 43.1 Å². The van der Waals surface area contributed by atoms with E-state index >= 15 is 0 Å². The molecule has 0 aliphatic carbocycles. The first-order valence-electron chi connectivity index (χ1n) is 10.9. The van der Waals surface area contributed by atoms with Crippen molar-refractivity contribution in [3.8, 4) is 5.75 Å². The average molecular weight is 481 g/mol. The van der Waals surface area contributed by atoms with E-state index in [2.05, 4.69) is 10.4 Å². The Balaban J connectivity index is 1.98. The van der Waals surface area contributed by atoms with Gasteiger partial charge in [-0.1, -0.05) is 31.5 Å². The minimum Gasteiger partial charge on any atom is -0.486 e. The third-order valence-corrected chi connectivity index (χ3v) is 5.82. The second kappa shape index (κ2) is 10.7. The molecular weight excluding hydrogens is 448 g/mol. The summed E-state index contributed by atoms with van der Waals surface area (Å²) < 4.78 is 15.3. The largest absolute Gasteiger partial charge is 0.486 e. The molecule has 1 aromatic heterocycles. The maximum atomic E-state index is 11.8. The molecular formula is C22H32N4O6S. The van der Waals surface area contributed by atoms with Crippen LogP contribution in [0.4, 0.5) is 0 Å². The monoisotopic (exact) mass is 480 g/mol. The summed E-state index contributed by atoms with van der Waals surface area (Å²) >= 11 is 5.68. The van der Waals surface area contributed by atoms with Crippen molar-refractivity contribution in [2.75, 3.05) is 6.61 Å². The molecule has 1 aliphatic heterocycles. The molecule has 1 aliphatic rings. The zero-order chi connectivity index (χ0) is 24.3. The van der Waals surface area contributed by atoms with Crippen LogP contribution in [0.3, 0.4) is 0 Å². The fraction of sp³-hybridized carbons (Fsp3) is 0.591. The third kappa shape index (κ3) is 5.79. The lowest BCUT2D eigenvalue weighted by Gasteiger charge is -2.42. The molecule has 2 heterocycles. The first-order chi connectivity index (χ1) is 15.6. The van der Waals surface area contributed by atoms with Crippen LogP contribution < -0.4 is 10.1 Å². The second-order valence-corrected chi connectivity index (χ2v) is 9.07. The molecule has 10 nitrogen and oxygen atoms in total. The smallest absolute Gasteiger partial charge is 0.217 e. The standard InChI is InChI=1S/C22H32N4O6S/c1-12(2)9-25-17(11-31-15-7-5-13(3)6-8-15)24-26(22(25)33)21-18(23-14(4)28)20(30)19(29)16(10-27)32-21/h5-8,12,16,18-21,27,29-30H,9-11H2,1-4H3,(H,23,28)/t16-,18-,19-,20-,21-/m1/s1. The van der Waals surface area contributed by atoms with Gasteiger partial charge in [0.2, 0.25) is 5.91 Å². The maximum Gasteiger partial charge on any atom is 0.217 e. The molecule has 1 amide bonds. The van der Waals surface area contributed by atoms with Gasteiger partial charge < -0.3 is 34.7 Å². The highest BCUT2D eigenvalue weighted by molar-refractivity contribution is 7.71. The van der Waals surface area contributed by atoms with Crippen LogP contribution >= 0.6 is 12.2 Å². The van der Waals surface area contributed by atoms with E-state index in [1.807, 2.05) is 49.6 Å². The Morgan fingerprint density at radius 3 is 2.52 bits per heavy atom. The number of amides is 1. The van der Waals surface area contributed by atoms with Gasteiger partial charge in [0.25, 0.3) is 0 Å². The van der Waals surface area contributed by atoms with Crippen molar-refractivity contribution in [3.63, 3.8) is 0 Å². The normalized spacial score (nSPS) is 25.3. The van der Waals surface area contributed by atoms with Gasteiger partial charge in [0, 0.05) is 13.5 Å². The number of benzene rings is 1. The number of carbonyl (C=O) groups is 1. The summed E-state index contributed by atoms with van der Waals surface area (Å²) in [5.74, 6) is 1.06. The minimum absolute atomic E-state index is 0.137. The number of aliphatic hydroxyl groups is 3. The number of carbonyl (C=O) groups excluding carboxylic acids is 1. The number of hydrogen-bond donors (Lipinski definition) is 4. The SMILES string of the molecule is CC(=O)N[C@@H]1[C@@H](O)[C@H](O)[C@@H](CO)O[C@H]1n1nc(COc2ccc(C)cc2)n(CC(C)C)c1=S. The highest BCUT2D eigenvalue weighted by Crippen LogP contribution is 2.29. The molecule has 1 saturated heterocycles. The molecule has 33 heavy (non-hydrogen) atoms. The first-order valence-corrected chi connectivity index (χ1v) is 11.3. The van der Waals surface area contributed by atoms with Gasteiger partial charge in [-0.05, 0) is 37.2 Å². The van der Waals surface area contributed by atoms with Crippen LogP contribution in [0.1, 0.15) is 38.4 Å². The summed E-state index contributed by atoms with van der Waals surface area (Å²) in [6.45, 7) is 7.56. The topological polar surface area (TPSA) is 131 Å². The predicted molar refractivity (Wildman–Crippen MR) is 122 cm³/mol. The molecule has 0 saturated carbocycles. The number of hydrogen-bond acceptors (Lipinski definition) is 8. The second-order valence-electron chi connectivity index (χ2n) is 8.70. The van der Waals surface area contributed by atoms with Crippen LogP contribution in [-0.2, 0) is 22.7 Å². The summed E-state index contributed by atoms with van der Waals surface area (Å²) in [5, 5.41) is 37.8. The van der Waals surface area contributed by atoms with Crippen LogP contribution in [0.25, 0.3) is 0 Å². The molecule has 4 N–H and O–H groups in total. The Kier molecular flexibility index (Phi) is 8.24. The van der Waals surface area contributed by atoms with Gasteiger partial charge >= 0.3 is 0 Å². The molecule has 0 radical (unpaired) electrons. The van der Waals surface area contributed by atoms with E-state index in [0.717, 1.165) is 5.56 Å². The van der Waals surface area contributed by atoms with Crippen molar-refractivity contribution < 1.29 is 29.6 Å². The maximum absolute atomic E-state index is 11.8. The molecule has 1 aromatic carbocycles. The zero-order valence-electron chi connectivity index (χ0n) is 19.2. The zero-order valence-corrected chi connectivity index (χ0v) is 20.0. The van der Waals surface area contributed by atoms with Crippen molar-refractivity contribution >= 4 is 18.1 Å². The Hall–Kier alpha value is -2.31.